The number of aromatic nitrogens is 1. The fourth-order valence-corrected chi connectivity index (χ4v) is 5.50. The summed E-state index contributed by atoms with van der Waals surface area (Å²) in [6.45, 7) is 13.2. The zero-order valence-electron chi connectivity index (χ0n) is 30.2. The molecule has 282 valence electrons. The Labute approximate surface area is 300 Å². The third-order valence-electron chi connectivity index (χ3n) is 7.67. The van der Waals surface area contributed by atoms with Crippen molar-refractivity contribution in [1.82, 2.24) is 21.2 Å². The first-order chi connectivity index (χ1) is 24.0. The number of nitrogens with zero attached hydrogens (tertiary/aromatic N) is 1. The molecule has 0 aliphatic carbocycles. The number of nitrogens with one attached hydrogen (secondary N) is 3. The predicted molar refractivity (Wildman–Crippen MR) is 193 cm³/mol. The molecule has 0 radical (unpaired) electrons. The summed E-state index contributed by atoms with van der Waals surface area (Å²) in [6.07, 6.45) is 1.15. The Kier molecular flexibility index (Phi) is 21.4. The van der Waals surface area contributed by atoms with Crippen LogP contribution in [0.5, 0.6) is 0 Å². The number of rotatable bonds is 25. The van der Waals surface area contributed by atoms with Crippen molar-refractivity contribution in [3.8, 4) is 0 Å². The van der Waals surface area contributed by atoms with Crippen molar-refractivity contribution in [1.29, 1.82) is 0 Å². The van der Waals surface area contributed by atoms with Crippen LogP contribution in [0.2, 0.25) is 0 Å². The van der Waals surface area contributed by atoms with Gasteiger partial charge in [-0.1, -0.05) is 57.5 Å². The number of hydrogen-bond acceptors (Lipinski definition) is 12. The molecular weight excluding hydrogens is 664 g/mol. The molecule has 0 aliphatic heterocycles. The van der Waals surface area contributed by atoms with E-state index in [1.54, 1.807) is 12.3 Å². The lowest BCUT2D eigenvalue weighted by atomic mass is 9.95. The second-order valence-corrected chi connectivity index (χ2v) is 13.3. The zero-order chi connectivity index (χ0) is 36.7. The SMILES string of the molecule is CCCO[C@H](C[C@@H](N)C(C)C)c1nc(C(=O)N[C@@H](Cc2ccc(C)cc2)C[C@H](C)C(=O)NNC(=O)OCCOCCOCCOCCN)cs1. The summed E-state index contributed by atoms with van der Waals surface area (Å²) in [5.41, 5.74) is 18.8. The van der Waals surface area contributed by atoms with Crippen LogP contribution in [0.3, 0.4) is 0 Å². The minimum absolute atomic E-state index is 0.00410. The van der Waals surface area contributed by atoms with E-state index < -0.39 is 24.0 Å². The second-order valence-electron chi connectivity index (χ2n) is 12.4. The molecule has 14 nitrogen and oxygen atoms in total. The van der Waals surface area contributed by atoms with E-state index >= 15 is 0 Å². The third-order valence-corrected chi connectivity index (χ3v) is 8.61. The molecule has 0 unspecified atom stereocenters. The van der Waals surface area contributed by atoms with Crippen molar-refractivity contribution in [3.63, 3.8) is 0 Å². The third kappa shape index (κ3) is 17.7. The largest absolute Gasteiger partial charge is 0.446 e. The van der Waals surface area contributed by atoms with Gasteiger partial charge in [0.15, 0.2) is 0 Å². The lowest BCUT2D eigenvalue weighted by Crippen LogP contribution is -2.46. The van der Waals surface area contributed by atoms with Crippen LogP contribution in [0, 0.1) is 18.8 Å². The van der Waals surface area contributed by atoms with Gasteiger partial charge < -0.3 is 40.5 Å². The van der Waals surface area contributed by atoms with Crippen molar-refractivity contribution in [2.45, 2.75) is 78.5 Å². The van der Waals surface area contributed by atoms with Gasteiger partial charge in [0.05, 0.1) is 39.6 Å². The first-order valence-corrected chi connectivity index (χ1v) is 18.3. The topological polar surface area (TPSA) is 198 Å². The lowest BCUT2D eigenvalue weighted by Gasteiger charge is -2.22. The normalized spacial score (nSPS) is 13.8. The van der Waals surface area contributed by atoms with Crippen LogP contribution in [0.25, 0.3) is 0 Å². The summed E-state index contributed by atoms with van der Waals surface area (Å²) in [4.78, 5) is 43.1. The zero-order valence-corrected chi connectivity index (χ0v) is 31.1. The van der Waals surface area contributed by atoms with E-state index in [0.29, 0.717) is 70.5 Å². The maximum atomic E-state index is 13.5. The molecule has 15 heteroatoms. The number of carbonyl (C=O) groups is 3. The van der Waals surface area contributed by atoms with E-state index in [0.717, 1.165) is 17.5 Å². The quantitative estimate of drug-likeness (QED) is 0.0744. The standard InChI is InChI=1S/C35H58N6O8S/c1-6-12-48-31(22-29(37)24(2)3)34-39-30(23-50-34)33(43)38-28(21-27-9-7-25(4)8-10-27)20-26(5)32(42)40-41-35(44)49-19-18-47-17-16-46-15-14-45-13-11-36/h7-10,23-24,26,28-29,31H,6,11-22,36-37H2,1-5H3,(H,38,43)(H,40,42)(H,41,44)/t26-,28+,29+,31+/m0/s1. The summed E-state index contributed by atoms with van der Waals surface area (Å²) >= 11 is 1.38. The molecule has 0 aliphatic rings. The van der Waals surface area contributed by atoms with Crippen LogP contribution in [0.15, 0.2) is 29.6 Å². The van der Waals surface area contributed by atoms with Crippen LogP contribution < -0.4 is 27.6 Å². The highest BCUT2D eigenvalue weighted by Gasteiger charge is 2.26. The maximum Gasteiger partial charge on any atom is 0.426 e. The van der Waals surface area contributed by atoms with E-state index in [9.17, 15) is 14.4 Å². The lowest BCUT2D eigenvalue weighted by molar-refractivity contribution is -0.125. The van der Waals surface area contributed by atoms with Gasteiger partial charge in [-0.15, -0.1) is 11.3 Å². The van der Waals surface area contributed by atoms with E-state index in [-0.39, 0.29) is 42.9 Å². The van der Waals surface area contributed by atoms with Crippen LogP contribution in [0.4, 0.5) is 4.79 Å². The summed E-state index contributed by atoms with van der Waals surface area (Å²) < 4.78 is 27.0. The maximum absolute atomic E-state index is 13.5. The molecule has 0 spiro atoms. The van der Waals surface area contributed by atoms with Crippen molar-refractivity contribution in [3.05, 3.63) is 51.5 Å². The van der Waals surface area contributed by atoms with E-state index in [2.05, 4.69) is 35.0 Å². The Hall–Kier alpha value is -3.18. The molecule has 2 rings (SSSR count). The summed E-state index contributed by atoms with van der Waals surface area (Å²) in [7, 11) is 0. The average molecular weight is 723 g/mol. The van der Waals surface area contributed by atoms with Crippen LogP contribution in [-0.4, -0.2) is 94.4 Å². The predicted octanol–water partition coefficient (Wildman–Crippen LogP) is 3.43. The van der Waals surface area contributed by atoms with Gasteiger partial charge in [0.1, 0.15) is 23.4 Å². The van der Waals surface area contributed by atoms with E-state index in [1.807, 2.05) is 38.1 Å². The fourth-order valence-electron chi connectivity index (χ4n) is 4.64. The first-order valence-electron chi connectivity index (χ1n) is 17.4. The van der Waals surface area contributed by atoms with Crippen molar-refractivity contribution < 1.29 is 38.1 Å². The van der Waals surface area contributed by atoms with Gasteiger partial charge in [0.25, 0.3) is 5.91 Å². The number of ether oxygens (including phenoxy) is 5. The number of thiazole rings is 1. The van der Waals surface area contributed by atoms with Gasteiger partial charge in [-0.3, -0.25) is 15.0 Å². The van der Waals surface area contributed by atoms with Crippen molar-refractivity contribution >= 4 is 29.2 Å². The number of hydrogen-bond donors (Lipinski definition) is 5. The van der Waals surface area contributed by atoms with Gasteiger partial charge in [-0.05, 0) is 44.1 Å². The van der Waals surface area contributed by atoms with Crippen LogP contribution in [0.1, 0.15) is 79.7 Å². The molecule has 0 saturated carbocycles. The number of aryl methyl sites for hydroxylation is 1. The van der Waals surface area contributed by atoms with Gasteiger partial charge in [0, 0.05) is 36.5 Å². The van der Waals surface area contributed by atoms with E-state index in [4.69, 9.17) is 35.2 Å². The van der Waals surface area contributed by atoms with Gasteiger partial charge in [-0.25, -0.2) is 15.2 Å². The fraction of sp³-hybridized carbons (Fsp3) is 0.657. The molecule has 1 aromatic carbocycles. The monoisotopic (exact) mass is 722 g/mol. The Balaban J connectivity index is 1.90. The smallest absolute Gasteiger partial charge is 0.426 e. The number of hydrazine groups is 1. The van der Waals surface area contributed by atoms with Crippen LogP contribution >= 0.6 is 11.3 Å². The Morgan fingerprint density at radius 1 is 0.880 bits per heavy atom. The summed E-state index contributed by atoms with van der Waals surface area (Å²) in [6, 6.07) is 7.55. The molecule has 50 heavy (non-hydrogen) atoms. The molecule has 0 bridgehead atoms. The van der Waals surface area contributed by atoms with Gasteiger partial charge in [-0.2, -0.15) is 0 Å². The highest BCUT2D eigenvalue weighted by atomic mass is 32.1. The number of nitrogens with two attached hydrogens (primary N) is 2. The highest BCUT2D eigenvalue weighted by molar-refractivity contribution is 7.09. The first kappa shape index (κ1) is 43.0. The molecule has 1 heterocycles. The molecule has 0 fully saturated rings. The number of amides is 3. The molecule has 3 amide bonds. The van der Waals surface area contributed by atoms with Crippen molar-refractivity contribution in [2.24, 2.45) is 23.3 Å². The number of benzene rings is 1. The van der Waals surface area contributed by atoms with Crippen LogP contribution in [-0.2, 0) is 34.9 Å². The number of carbonyl (C=O) groups excluding carboxylic acids is 3. The van der Waals surface area contributed by atoms with E-state index in [1.165, 1.54) is 11.3 Å². The average Bonchev–Trinajstić information content (AvgIpc) is 3.59. The van der Waals surface area contributed by atoms with Gasteiger partial charge >= 0.3 is 6.09 Å². The molecule has 4 atom stereocenters. The molecular formula is C35H58N6O8S. The summed E-state index contributed by atoms with van der Waals surface area (Å²) in [5, 5.41) is 5.51. The Morgan fingerprint density at radius 2 is 1.52 bits per heavy atom. The Bertz CT molecular complexity index is 1250. The molecule has 7 N–H and O–H groups in total. The minimum atomic E-state index is -0.818. The van der Waals surface area contributed by atoms with Crippen molar-refractivity contribution in [2.75, 3.05) is 59.4 Å². The second kappa shape index (κ2) is 24.9. The highest BCUT2D eigenvalue weighted by Crippen LogP contribution is 2.28. The minimum Gasteiger partial charge on any atom is -0.446 e. The molecule has 0 saturated heterocycles. The summed E-state index contributed by atoms with van der Waals surface area (Å²) in [5.74, 6) is -1.05. The van der Waals surface area contributed by atoms with Gasteiger partial charge in [0.2, 0.25) is 5.91 Å². The molecule has 1 aromatic heterocycles. The Morgan fingerprint density at radius 3 is 2.14 bits per heavy atom. The molecule has 2 aromatic rings.